The van der Waals surface area contributed by atoms with Crippen LogP contribution in [0.3, 0.4) is 0 Å². The van der Waals surface area contributed by atoms with Gasteiger partial charge in [-0.05, 0) is 89.2 Å². The van der Waals surface area contributed by atoms with E-state index in [4.69, 9.17) is 0 Å². The Labute approximate surface area is 141 Å². The molecule has 0 aliphatic carbocycles. The van der Waals surface area contributed by atoms with E-state index < -0.39 is 10.0 Å². The fourth-order valence-electron chi connectivity index (χ4n) is 3.20. The summed E-state index contributed by atoms with van der Waals surface area (Å²) in [7, 11) is -3.42. The summed E-state index contributed by atoms with van der Waals surface area (Å²) in [6.07, 6.45) is 2.12. The number of sulfonamides is 1. The van der Waals surface area contributed by atoms with E-state index in [2.05, 4.69) is 23.5 Å². The number of benzene rings is 1. The zero-order valence-corrected chi connectivity index (χ0v) is 15.8. The lowest BCUT2D eigenvalue weighted by atomic mass is 9.96. The van der Waals surface area contributed by atoms with Crippen LogP contribution in [-0.2, 0) is 10.0 Å². The molecule has 2 rings (SSSR count). The lowest BCUT2D eigenvalue weighted by Crippen LogP contribution is -2.41. The molecule has 0 atom stereocenters. The zero-order valence-electron chi connectivity index (χ0n) is 15.0. The number of rotatable bonds is 5. The van der Waals surface area contributed by atoms with Crippen LogP contribution in [0.1, 0.15) is 43.4 Å². The average molecular weight is 339 g/mol. The zero-order chi connectivity index (χ0) is 17.2. The van der Waals surface area contributed by atoms with Crippen molar-refractivity contribution in [3.63, 3.8) is 0 Å². The Balaban J connectivity index is 1.99. The molecule has 0 aromatic heterocycles. The molecule has 0 spiro atoms. The van der Waals surface area contributed by atoms with E-state index in [1.807, 2.05) is 26.8 Å². The molecular formula is C18H30N2O2S. The van der Waals surface area contributed by atoms with Crippen molar-refractivity contribution in [2.24, 2.45) is 5.92 Å². The summed E-state index contributed by atoms with van der Waals surface area (Å²) < 4.78 is 28.1. The van der Waals surface area contributed by atoms with Gasteiger partial charge in [0, 0.05) is 12.6 Å². The highest BCUT2D eigenvalue weighted by Gasteiger charge is 2.24. The van der Waals surface area contributed by atoms with Gasteiger partial charge >= 0.3 is 0 Å². The Bertz CT molecular complexity index is 645. The number of aryl methyl sites for hydroxylation is 3. The van der Waals surface area contributed by atoms with E-state index in [1.54, 1.807) is 6.07 Å². The first-order valence-corrected chi connectivity index (χ1v) is 10.0. The van der Waals surface area contributed by atoms with Crippen molar-refractivity contribution in [3.05, 3.63) is 28.8 Å². The van der Waals surface area contributed by atoms with Gasteiger partial charge in [-0.2, -0.15) is 0 Å². The van der Waals surface area contributed by atoms with Gasteiger partial charge in [0.05, 0.1) is 4.90 Å². The van der Waals surface area contributed by atoms with Crippen LogP contribution in [0, 0.1) is 26.7 Å². The van der Waals surface area contributed by atoms with Gasteiger partial charge < -0.3 is 4.90 Å². The van der Waals surface area contributed by atoms with Crippen LogP contribution >= 0.6 is 0 Å². The molecule has 1 saturated heterocycles. The number of nitrogens with zero attached hydrogens (tertiary/aromatic N) is 1. The first-order chi connectivity index (χ1) is 10.7. The van der Waals surface area contributed by atoms with Gasteiger partial charge in [-0.3, -0.25) is 0 Å². The number of likely N-dealkylation sites (tertiary alicyclic amines) is 1. The van der Waals surface area contributed by atoms with Crippen LogP contribution in [0.15, 0.2) is 17.0 Å². The minimum atomic E-state index is -3.42. The summed E-state index contributed by atoms with van der Waals surface area (Å²) >= 11 is 0. The van der Waals surface area contributed by atoms with E-state index in [1.165, 1.54) is 0 Å². The lowest BCUT2D eigenvalue weighted by molar-refractivity contribution is 0.151. The van der Waals surface area contributed by atoms with Gasteiger partial charge in [0.1, 0.15) is 0 Å². The van der Waals surface area contributed by atoms with E-state index in [0.717, 1.165) is 42.6 Å². The van der Waals surface area contributed by atoms with Crippen molar-refractivity contribution >= 4 is 10.0 Å². The Morgan fingerprint density at radius 1 is 1.09 bits per heavy atom. The monoisotopic (exact) mass is 338 g/mol. The molecule has 4 nitrogen and oxygen atoms in total. The Morgan fingerprint density at radius 3 is 2.22 bits per heavy atom. The van der Waals surface area contributed by atoms with Crippen molar-refractivity contribution in [2.45, 2.75) is 58.4 Å². The van der Waals surface area contributed by atoms with Crippen molar-refractivity contribution in [3.8, 4) is 0 Å². The maximum atomic E-state index is 12.6. The highest BCUT2D eigenvalue weighted by atomic mass is 32.2. The maximum Gasteiger partial charge on any atom is 0.240 e. The van der Waals surface area contributed by atoms with Gasteiger partial charge in [0.25, 0.3) is 0 Å². The molecule has 1 aromatic rings. The van der Waals surface area contributed by atoms with Gasteiger partial charge in [-0.25, -0.2) is 13.1 Å². The third-order valence-corrected chi connectivity index (χ3v) is 6.59. The summed E-state index contributed by atoms with van der Waals surface area (Å²) in [6.45, 7) is 12.9. The molecule has 23 heavy (non-hydrogen) atoms. The standard InChI is InChI=1S/C18H30N2O2S/c1-13(2)20-8-6-17(7-9-20)12-19-23(21,22)18-11-15(4)14(3)10-16(18)5/h10-11,13,17,19H,6-9,12H2,1-5H3. The predicted molar refractivity (Wildman–Crippen MR) is 95.3 cm³/mol. The smallest absolute Gasteiger partial charge is 0.240 e. The van der Waals surface area contributed by atoms with Gasteiger partial charge in [-0.1, -0.05) is 6.07 Å². The largest absolute Gasteiger partial charge is 0.301 e. The van der Waals surface area contributed by atoms with Gasteiger partial charge in [-0.15, -0.1) is 0 Å². The molecule has 1 fully saturated rings. The normalized spacial score (nSPS) is 17.8. The summed E-state index contributed by atoms with van der Waals surface area (Å²) in [5, 5.41) is 0. The molecule has 0 amide bonds. The molecule has 0 unspecified atom stereocenters. The SMILES string of the molecule is Cc1cc(C)c(S(=O)(=O)NCC2CCN(C(C)C)CC2)cc1C. The lowest BCUT2D eigenvalue weighted by Gasteiger charge is -2.34. The van der Waals surface area contributed by atoms with Crippen LogP contribution < -0.4 is 4.72 Å². The molecule has 130 valence electrons. The predicted octanol–water partition coefficient (Wildman–Crippen LogP) is 3.01. The molecule has 1 heterocycles. The van der Waals surface area contributed by atoms with E-state index >= 15 is 0 Å². The van der Waals surface area contributed by atoms with Crippen LogP contribution in [0.4, 0.5) is 0 Å². The highest BCUT2D eigenvalue weighted by Crippen LogP contribution is 2.22. The van der Waals surface area contributed by atoms with Crippen molar-refractivity contribution in [1.82, 2.24) is 9.62 Å². The molecule has 1 aliphatic heterocycles. The fraction of sp³-hybridized carbons (Fsp3) is 0.667. The van der Waals surface area contributed by atoms with Crippen LogP contribution in [0.2, 0.25) is 0 Å². The summed E-state index contributed by atoms with van der Waals surface area (Å²) in [6, 6.07) is 4.31. The molecule has 1 N–H and O–H groups in total. The minimum Gasteiger partial charge on any atom is -0.301 e. The maximum absolute atomic E-state index is 12.6. The van der Waals surface area contributed by atoms with Crippen LogP contribution in [0.25, 0.3) is 0 Å². The van der Waals surface area contributed by atoms with E-state index in [0.29, 0.717) is 23.4 Å². The number of piperidine rings is 1. The molecule has 5 heteroatoms. The first-order valence-electron chi connectivity index (χ1n) is 8.52. The molecular weight excluding hydrogens is 308 g/mol. The topological polar surface area (TPSA) is 49.4 Å². The molecule has 0 bridgehead atoms. The third-order valence-electron chi connectivity index (χ3n) is 5.02. The summed E-state index contributed by atoms with van der Waals surface area (Å²) in [4.78, 5) is 2.87. The minimum absolute atomic E-state index is 0.417. The van der Waals surface area contributed by atoms with Crippen LogP contribution in [-0.4, -0.2) is 39.0 Å². The average Bonchev–Trinajstić information content (AvgIpc) is 2.49. The second kappa shape index (κ2) is 7.32. The van der Waals surface area contributed by atoms with Gasteiger partial charge in [0.15, 0.2) is 0 Å². The second-order valence-electron chi connectivity index (χ2n) is 7.13. The Hall–Kier alpha value is -0.910. The van der Waals surface area contributed by atoms with E-state index in [9.17, 15) is 8.42 Å². The molecule has 1 aromatic carbocycles. The fourth-order valence-corrected chi connectivity index (χ4v) is 4.63. The van der Waals surface area contributed by atoms with Crippen molar-refractivity contribution in [2.75, 3.05) is 19.6 Å². The first kappa shape index (κ1) is 18.4. The second-order valence-corrected chi connectivity index (χ2v) is 8.86. The quantitative estimate of drug-likeness (QED) is 0.898. The Morgan fingerprint density at radius 2 is 1.65 bits per heavy atom. The van der Waals surface area contributed by atoms with Crippen molar-refractivity contribution < 1.29 is 8.42 Å². The molecule has 0 radical (unpaired) electrons. The summed E-state index contributed by atoms with van der Waals surface area (Å²) in [5.41, 5.74) is 2.96. The van der Waals surface area contributed by atoms with Crippen molar-refractivity contribution in [1.29, 1.82) is 0 Å². The highest BCUT2D eigenvalue weighted by molar-refractivity contribution is 7.89. The van der Waals surface area contributed by atoms with Crippen LogP contribution in [0.5, 0.6) is 0 Å². The number of hydrogen-bond donors (Lipinski definition) is 1. The van der Waals surface area contributed by atoms with E-state index in [-0.39, 0.29) is 0 Å². The van der Waals surface area contributed by atoms with Gasteiger partial charge in [0.2, 0.25) is 10.0 Å². The molecule has 0 saturated carbocycles. The number of hydrogen-bond acceptors (Lipinski definition) is 3. The molecule has 1 aliphatic rings. The summed E-state index contributed by atoms with van der Waals surface area (Å²) in [5.74, 6) is 0.437. The Kier molecular flexibility index (Phi) is 5.87. The number of nitrogens with one attached hydrogen (secondary N) is 1. The third kappa shape index (κ3) is 4.55.